The van der Waals surface area contributed by atoms with Crippen molar-refractivity contribution < 1.29 is 14.3 Å². The van der Waals surface area contributed by atoms with Crippen molar-refractivity contribution in [3.63, 3.8) is 0 Å². The molecule has 0 heterocycles. The summed E-state index contributed by atoms with van der Waals surface area (Å²) in [5.74, 6) is -0.472. The average Bonchev–Trinajstić information content (AvgIpc) is 2.54. The lowest BCUT2D eigenvalue weighted by molar-refractivity contribution is -0.123. The molecule has 0 saturated carbocycles. The van der Waals surface area contributed by atoms with Crippen molar-refractivity contribution in [2.24, 2.45) is 0 Å². The standard InChI is InChI=1S/C18H18Cl2N2O3/c1-10-7-15(16(25-3)8-13(10)20)22-18(24)9-17(23)21-14-6-4-5-12(19)11(14)2/h4-8H,9H2,1-3H3,(H,21,23)(H,22,24). The molecule has 2 rings (SSSR count). The van der Waals surface area contributed by atoms with Crippen LogP contribution in [-0.2, 0) is 9.59 Å². The van der Waals surface area contributed by atoms with Crippen LogP contribution in [0.15, 0.2) is 30.3 Å². The van der Waals surface area contributed by atoms with Gasteiger partial charge in [-0.1, -0.05) is 29.3 Å². The van der Waals surface area contributed by atoms with Gasteiger partial charge in [-0.15, -0.1) is 0 Å². The third kappa shape index (κ3) is 4.87. The fraction of sp³-hybridized carbons (Fsp3) is 0.222. The van der Waals surface area contributed by atoms with E-state index in [2.05, 4.69) is 10.6 Å². The second-order valence-electron chi connectivity index (χ2n) is 5.49. The van der Waals surface area contributed by atoms with Crippen molar-refractivity contribution in [2.45, 2.75) is 20.3 Å². The van der Waals surface area contributed by atoms with E-state index >= 15 is 0 Å². The maximum atomic E-state index is 12.1. The molecular weight excluding hydrogens is 363 g/mol. The maximum Gasteiger partial charge on any atom is 0.233 e. The van der Waals surface area contributed by atoms with E-state index in [4.69, 9.17) is 27.9 Å². The third-order valence-electron chi connectivity index (χ3n) is 3.62. The first-order valence-corrected chi connectivity index (χ1v) is 8.26. The molecule has 0 bridgehead atoms. The van der Waals surface area contributed by atoms with Gasteiger partial charge in [-0.05, 0) is 43.2 Å². The second kappa shape index (κ2) is 8.23. The number of anilines is 2. The summed E-state index contributed by atoms with van der Waals surface area (Å²) in [7, 11) is 1.48. The molecule has 0 saturated heterocycles. The van der Waals surface area contributed by atoms with Crippen LogP contribution in [0.4, 0.5) is 11.4 Å². The molecule has 0 spiro atoms. The monoisotopic (exact) mass is 380 g/mol. The van der Waals surface area contributed by atoms with Gasteiger partial charge in [0.1, 0.15) is 12.2 Å². The number of hydrogen-bond acceptors (Lipinski definition) is 3. The van der Waals surface area contributed by atoms with Crippen LogP contribution < -0.4 is 15.4 Å². The molecule has 0 aliphatic carbocycles. The number of nitrogens with one attached hydrogen (secondary N) is 2. The van der Waals surface area contributed by atoms with Crippen LogP contribution >= 0.6 is 23.2 Å². The minimum Gasteiger partial charge on any atom is -0.495 e. The molecule has 2 amide bonds. The number of benzene rings is 2. The average molecular weight is 381 g/mol. The second-order valence-corrected chi connectivity index (χ2v) is 6.30. The molecule has 7 heteroatoms. The van der Waals surface area contributed by atoms with Crippen molar-refractivity contribution in [3.8, 4) is 5.75 Å². The molecule has 2 N–H and O–H groups in total. The van der Waals surface area contributed by atoms with Crippen LogP contribution in [0.1, 0.15) is 17.5 Å². The molecular formula is C18H18Cl2N2O3. The van der Waals surface area contributed by atoms with Crippen molar-refractivity contribution in [2.75, 3.05) is 17.7 Å². The quantitative estimate of drug-likeness (QED) is 0.745. The summed E-state index contributed by atoms with van der Waals surface area (Å²) in [5.41, 5.74) is 2.57. The summed E-state index contributed by atoms with van der Waals surface area (Å²) in [4.78, 5) is 24.2. The van der Waals surface area contributed by atoms with Crippen molar-refractivity contribution >= 4 is 46.4 Å². The Labute approximate surface area is 156 Å². The third-order valence-corrected chi connectivity index (χ3v) is 4.43. The number of rotatable bonds is 5. The van der Waals surface area contributed by atoms with E-state index in [1.54, 1.807) is 37.3 Å². The molecule has 0 atom stereocenters. The van der Waals surface area contributed by atoms with Gasteiger partial charge in [-0.2, -0.15) is 0 Å². The predicted molar refractivity (Wildman–Crippen MR) is 101 cm³/mol. The van der Waals surface area contributed by atoms with Gasteiger partial charge in [0.25, 0.3) is 0 Å². The molecule has 2 aromatic rings. The molecule has 132 valence electrons. The van der Waals surface area contributed by atoms with Gasteiger partial charge >= 0.3 is 0 Å². The van der Waals surface area contributed by atoms with Crippen LogP contribution in [-0.4, -0.2) is 18.9 Å². The first kappa shape index (κ1) is 19.1. The van der Waals surface area contributed by atoms with Gasteiger partial charge in [0.05, 0.1) is 12.8 Å². The van der Waals surface area contributed by atoms with Crippen LogP contribution in [0.25, 0.3) is 0 Å². The highest BCUT2D eigenvalue weighted by Crippen LogP contribution is 2.31. The van der Waals surface area contributed by atoms with Gasteiger partial charge in [-0.25, -0.2) is 0 Å². The van der Waals surface area contributed by atoms with E-state index in [-0.39, 0.29) is 6.42 Å². The summed E-state index contributed by atoms with van der Waals surface area (Å²) in [6, 6.07) is 8.49. The lowest BCUT2D eigenvalue weighted by Gasteiger charge is -2.13. The largest absolute Gasteiger partial charge is 0.495 e. The maximum absolute atomic E-state index is 12.1. The highest BCUT2D eigenvalue weighted by atomic mass is 35.5. The van der Waals surface area contributed by atoms with Crippen LogP contribution in [0.5, 0.6) is 5.75 Å². The topological polar surface area (TPSA) is 67.4 Å². The van der Waals surface area contributed by atoms with E-state index < -0.39 is 11.8 Å². The first-order valence-electron chi connectivity index (χ1n) is 7.50. The van der Waals surface area contributed by atoms with Crippen molar-refractivity contribution in [3.05, 3.63) is 51.5 Å². The summed E-state index contributed by atoms with van der Waals surface area (Å²) >= 11 is 12.1. The number of aryl methyl sites for hydroxylation is 1. The molecule has 0 aromatic heterocycles. The fourth-order valence-corrected chi connectivity index (χ4v) is 2.54. The molecule has 0 unspecified atom stereocenters. The van der Waals surface area contributed by atoms with Crippen molar-refractivity contribution in [1.29, 1.82) is 0 Å². The summed E-state index contributed by atoms with van der Waals surface area (Å²) < 4.78 is 5.20. The Kier molecular flexibility index (Phi) is 6.28. The number of carbonyl (C=O) groups is 2. The molecule has 25 heavy (non-hydrogen) atoms. The highest BCUT2D eigenvalue weighted by molar-refractivity contribution is 6.32. The molecule has 2 aromatic carbocycles. The molecule has 5 nitrogen and oxygen atoms in total. The Morgan fingerprint density at radius 3 is 2.28 bits per heavy atom. The number of hydrogen-bond donors (Lipinski definition) is 2. The van der Waals surface area contributed by atoms with Gasteiger partial charge in [-0.3, -0.25) is 9.59 Å². The highest BCUT2D eigenvalue weighted by Gasteiger charge is 2.14. The number of halogens is 2. The van der Waals surface area contributed by atoms with E-state index in [0.717, 1.165) is 11.1 Å². The SMILES string of the molecule is COc1cc(Cl)c(C)cc1NC(=O)CC(=O)Nc1cccc(Cl)c1C. The number of methoxy groups -OCH3 is 1. The first-order chi connectivity index (χ1) is 11.8. The van der Waals surface area contributed by atoms with Gasteiger partial charge in [0, 0.05) is 21.8 Å². The Morgan fingerprint density at radius 1 is 1.00 bits per heavy atom. The van der Waals surface area contributed by atoms with Crippen LogP contribution in [0.3, 0.4) is 0 Å². The van der Waals surface area contributed by atoms with E-state index in [0.29, 0.717) is 27.2 Å². The number of amides is 2. The Morgan fingerprint density at radius 2 is 1.64 bits per heavy atom. The number of carbonyl (C=O) groups excluding carboxylic acids is 2. The molecule has 0 aliphatic rings. The number of ether oxygens (including phenoxy) is 1. The van der Waals surface area contributed by atoms with E-state index in [1.807, 2.05) is 6.92 Å². The van der Waals surface area contributed by atoms with Gasteiger partial charge < -0.3 is 15.4 Å². The zero-order chi connectivity index (χ0) is 18.6. The van der Waals surface area contributed by atoms with Gasteiger partial charge in [0.15, 0.2) is 0 Å². The summed E-state index contributed by atoms with van der Waals surface area (Å²) in [5, 5.41) is 6.42. The van der Waals surface area contributed by atoms with Crippen molar-refractivity contribution in [1.82, 2.24) is 0 Å². The minimum absolute atomic E-state index is 0.337. The van der Waals surface area contributed by atoms with Crippen LogP contribution in [0.2, 0.25) is 10.0 Å². The van der Waals surface area contributed by atoms with E-state index in [9.17, 15) is 9.59 Å². The smallest absolute Gasteiger partial charge is 0.233 e. The minimum atomic E-state index is -0.461. The van der Waals surface area contributed by atoms with E-state index in [1.165, 1.54) is 7.11 Å². The Hall–Kier alpha value is -2.24. The molecule has 0 fully saturated rings. The lowest BCUT2D eigenvalue weighted by atomic mass is 10.2. The fourth-order valence-electron chi connectivity index (χ4n) is 2.21. The summed E-state index contributed by atoms with van der Waals surface area (Å²) in [6.07, 6.45) is -0.337. The molecule has 0 radical (unpaired) electrons. The zero-order valence-electron chi connectivity index (χ0n) is 14.1. The Bertz CT molecular complexity index is 822. The van der Waals surface area contributed by atoms with Crippen LogP contribution in [0, 0.1) is 13.8 Å². The normalized spacial score (nSPS) is 10.3. The van der Waals surface area contributed by atoms with Gasteiger partial charge in [0.2, 0.25) is 11.8 Å². The molecule has 0 aliphatic heterocycles. The predicted octanol–water partition coefficient (Wildman–Crippen LogP) is 4.59. The zero-order valence-corrected chi connectivity index (χ0v) is 15.6. The lowest BCUT2D eigenvalue weighted by Crippen LogP contribution is -2.22. The Balaban J connectivity index is 2.04. The summed E-state index contributed by atoms with van der Waals surface area (Å²) in [6.45, 7) is 3.60.